The van der Waals surface area contributed by atoms with Crippen LogP contribution in [0.4, 0.5) is 0 Å². The molecular weight excluding hydrogens is 326 g/mol. The molecule has 1 atom stereocenters. The zero-order valence-electron chi connectivity index (χ0n) is 13.6. The quantitative estimate of drug-likeness (QED) is 0.430. The number of aryl methyl sites for hydroxylation is 1. The molecule has 0 aromatic heterocycles. The molecule has 1 amide bonds. The van der Waals surface area contributed by atoms with E-state index in [0.717, 1.165) is 23.7 Å². The first kappa shape index (κ1) is 18.2. The molecule has 1 heterocycles. The van der Waals surface area contributed by atoms with E-state index in [1.165, 1.54) is 24.8 Å². The maximum atomic E-state index is 11.6. The summed E-state index contributed by atoms with van der Waals surface area (Å²) in [4.78, 5) is 22.2. The summed E-state index contributed by atoms with van der Waals surface area (Å²) in [6, 6.07) is 8.13. The largest absolute Gasteiger partial charge is 0.481 e. The molecule has 0 aliphatic carbocycles. The number of nitrogens with one attached hydrogen (secondary N) is 1. The lowest BCUT2D eigenvalue weighted by molar-refractivity contribution is -0.138. The Morgan fingerprint density at radius 1 is 1.33 bits per heavy atom. The van der Waals surface area contributed by atoms with Gasteiger partial charge in [0.15, 0.2) is 5.17 Å². The maximum Gasteiger partial charge on any atom is 0.305 e. The summed E-state index contributed by atoms with van der Waals surface area (Å²) in [5, 5.41) is 18.8. The van der Waals surface area contributed by atoms with Crippen LogP contribution in [0.1, 0.15) is 43.7 Å². The smallest absolute Gasteiger partial charge is 0.305 e. The molecule has 1 aromatic rings. The van der Waals surface area contributed by atoms with Gasteiger partial charge in [-0.2, -0.15) is 5.10 Å². The molecule has 0 saturated carbocycles. The van der Waals surface area contributed by atoms with Crippen LogP contribution in [0.25, 0.3) is 0 Å². The zero-order valence-corrected chi connectivity index (χ0v) is 14.4. The molecule has 2 rings (SSSR count). The summed E-state index contributed by atoms with van der Waals surface area (Å²) < 4.78 is 0. The molecule has 7 heteroatoms. The SMILES string of the molecule is CCCCCc1ccc(C=NN=C2NC(=O)C(CC(=O)O)S2)cc1. The minimum Gasteiger partial charge on any atom is -0.481 e. The minimum absolute atomic E-state index is 0.223. The van der Waals surface area contributed by atoms with Gasteiger partial charge in [-0.25, -0.2) is 0 Å². The van der Waals surface area contributed by atoms with Gasteiger partial charge < -0.3 is 10.4 Å². The average Bonchev–Trinajstić information content (AvgIpc) is 2.88. The van der Waals surface area contributed by atoms with Crippen molar-refractivity contribution in [3.63, 3.8) is 0 Å². The van der Waals surface area contributed by atoms with E-state index in [4.69, 9.17) is 5.11 Å². The minimum atomic E-state index is -1.01. The summed E-state index contributed by atoms with van der Waals surface area (Å²) in [5.41, 5.74) is 2.23. The molecule has 2 N–H and O–H groups in total. The van der Waals surface area contributed by atoms with E-state index in [2.05, 4.69) is 34.6 Å². The molecule has 1 aromatic carbocycles. The van der Waals surface area contributed by atoms with Gasteiger partial charge in [-0.3, -0.25) is 9.59 Å². The van der Waals surface area contributed by atoms with Crippen molar-refractivity contribution in [2.75, 3.05) is 0 Å². The number of thioether (sulfide) groups is 1. The monoisotopic (exact) mass is 347 g/mol. The van der Waals surface area contributed by atoms with Crippen LogP contribution in [-0.4, -0.2) is 33.6 Å². The molecule has 24 heavy (non-hydrogen) atoms. The second-order valence-corrected chi connectivity index (χ2v) is 6.73. The lowest BCUT2D eigenvalue weighted by Crippen LogP contribution is -2.26. The predicted molar refractivity (Wildman–Crippen MR) is 96.5 cm³/mol. The lowest BCUT2D eigenvalue weighted by atomic mass is 10.1. The molecule has 1 fully saturated rings. The van der Waals surface area contributed by atoms with Gasteiger partial charge in [-0.05, 0) is 24.0 Å². The van der Waals surface area contributed by atoms with Crippen molar-refractivity contribution in [2.24, 2.45) is 10.2 Å². The highest BCUT2D eigenvalue weighted by atomic mass is 32.2. The third kappa shape index (κ3) is 5.81. The number of rotatable bonds is 8. The fraction of sp³-hybridized carbons (Fsp3) is 0.412. The van der Waals surface area contributed by atoms with Gasteiger partial charge in [0.2, 0.25) is 5.91 Å². The van der Waals surface area contributed by atoms with E-state index >= 15 is 0 Å². The Balaban J connectivity index is 1.87. The van der Waals surface area contributed by atoms with Gasteiger partial charge in [0.1, 0.15) is 5.25 Å². The Labute approximate surface area is 145 Å². The van der Waals surface area contributed by atoms with Crippen LogP contribution in [0.5, 0.6) is 0 Å². The number of amides is 1. The third-order valence-corrected chi connectivity index (χ3v) is 4.61. The van der Waals surface area contributed by atoms with Crippen LogP contribution < -0.4 is 5.32 Å². The van der Waals surface area contributed by atoms with E-state index in [0.29, 0.717) is 5.17 Å². The van der Waals surface area contributed by atoms with Gasteiger partial charge >= 0.3 is 5.97 Å². The fourth-order valence-corrected chi connectivity index (χ4v) is 3.16. The van der Waals surface area contributed by atoms with E-state index in [-0.39, 0.29) is 12.3 Å². The first-order chi connectivity index (χ1) is 11.6. The Morgan fingerprint density at radius 2 is 2.08 bits per heavy atom. The van der Waals surface area contributed by atoms with Crippen LogP contribution in [0.3, 0.4) is 0 Å². The van der Waals surface area contributed by atoms with Gasteiger partial charge in [0.25, 0.3) is 0 Å². The van der Waals surface area contributed by atoms with E-state index in [1.807, 2.05) is 12.1 Å². The van der Waals surface area contributed by atoms with Crippen molar-refractivity contribution in [1.82, 2.24) is 5.32 Å². The maximum absolute atomic E-state index is 11.6. The number of benzene rings is 1. The Bertz CT molecular complexity index is 641. The molecule has 6 nitrogen and oxygen atoms in total. The van der Waals surface area contributed by atoms with Crippen molar-refractivity contribution >= 4 is 35.0 Å². The molecule has 1 aliphatic rings. The van der Waals surface area contributed by atoms with Gasteiger partial charge in [-0.15, -0.1) is 5.10 Å². The number of carbonyl (C=O) groups excluding carboxylic acids is 1. The summed E-state index contributed by atoms with van der Waals surface area (Å²) in [5.74, 6) is -1.35. The van der Waals surface area contributed by atoms with Crippen LogP contribution in [0, 0.1) is 0 Å². The molecule has 1 saturated heterocycles. The van der Waals surface area contributed by atoms with Crippen LogP contribution in [-0.2, 0) is 16.0 Å². The number of unbranched alkanes of at least 4 members (excludes halogenated alkanes) is 2. The summed E-state index contributed by atoms with van der Waals surface area (Å²) in [7, 11) is 0. The number of carboxylic acid groups (broad SMARTS) is 1. The molecule has 1 unspecified atom stereocenters. The number of carbonyl (C=O) groups is 2. The summed E-state index contributed by atoms with van der Waals surface area (Å²) in [6.07, 6.45) is 6.13. The van der Waals surface area contributed by atoms with Crippen molar-refractivity contribution in [2.45, 2.75) is 44.3 Å². The number of nitrogens with zero attached hydrogens (tertiary/aromatic N) is 2. The normalized spacial score (nSPS) is 19.1. The number of carboxylic acids is 1. The molecular formula is C17H21N3O3S. The molecule has 0 bridgehead atoms. The third-order valence-electron chi connectivity index (χ3n) is 3.54. The highest BCUT2D eigenvalue weighted by Gasteiger charge is 2.32. The second-order valence-electron chi connectivity index (χ2n) is 5.54. The second kappa shape index (κ2) is 9.22. The van der Waals surface area contributed by atoms with Crippen LogP contribution in [0.2, 0.25) is 0 Å². The van der Waals surface area contributed by atoms with Crippen molar-refractivity contribution in [1.29, 1.82) is 0 Å². The van der Waals surface area contributed by atoms with Crippen LogP contribution in [0.15, 0.2) is 34.5 Å². The van der Waals surface area contributed by atoms with E-state index < -0.39 is 11.2 Å². The first-order valence-corrected chi connectivity index (χ1v) is 8.85. The average molecular weight is 347 g/mol. The summed E-state index contributed by atoms with van der Waals surface area (Å²) >= 11 is 1.09. The molecule has 1 aliphatic heterocycles. The van der Waals surface area contributed by atoms with E-state index in [9.17, 15) is 9.59 Å². The van der Waals surface area contributed by atoms with E-state index in [1.54, 1.807) is 6.21 Å². The molecule has 128 valence electrons. The van der Waals surface area contributed by atoms with Gasteiger partial charge in [0.05, 0.1) is 12.6 Å². The number of aliphatic carboxylic acids is 1. The van der Waals surface area contributed by atoms with Crippen molar-refractivity contribution in [3.05, 3.63) is 35.4 Å². The predicted octanol–water partition coefficient (Wildman–Crippen LogP) is 2.82. The topological polar surface area (TPSA) is 91.1 Å². The van der Waals surface area contributed by atoms with Crippen molar-refractivity contribution < 1.29 is 14.7 Å². The highest BCUT2D eigenvalue weighted by molar-refractivity contribution is 8.15. The standard InChI is InChI=1S/C17H21N3O3S/c1-2-3-4-5-12-6-8-13(9-7-12)11-18-20-17-19-16(23)14(24-17)10-15(21)22/h6-9,11,14H,2-5,10H2,1H3,(H,21,22)(H,19,20,23). The fourth-order valence-electron chi connectivity index (χ4n) is 2.24. The number of hydrogen-bond donors (Lipinski definition) is 2. The molecule has 0 radical (unpaired) electrons. The Morgan fingerprint density at radius 3 is 2.75 bits per heavy atom. The Hall–Kier alpha value is -2.15. The molecule has 0 spiro atoms. The van der Waals surface area contributed by atoms with Crippen LogP contribution >= 0.6 is 11.8 Å². The lowest BCUT2D eigenvalue weighted by Gasteiger charge is -2.00. The Kier molecular flexibility index (Phi) is 6.99. The number of amidine groups is 1. The van der Waals surface area contributed by atoms with Crippen molar-refractivity contribution in [3.8, 4) is 0 Å². The zero-order chi connectivity index (χ0) is 17.4. The van der Waals surface area contributed by atoms with Gasteiger partial charge in [-0.1, -0.05) is 55.8 Å². The first-order valence-electron chi connectivity index (χ1n) is 7.97. The summed E-state index contributed by atoms with van der Waals surface area (Å²) in [6.45, 7) is 2.19. The number of hydrogen-bond acceptors (Lipinski definition) is 5. The highest BCUT2D eigenvalue weighted by Crippen LogP contribution is 2.22. The van der Waals surface area contributed by atoms with Gasteiger partial charge in [0, 0.05) is 0 Å².